The van der Waals surface area contributed by atoms with E-state index in [4.69, 9.17) is 5.11 Å². The van der Waals surface area contributed by atoms with Gasteiger partial charge in [-0.1, -0.05) is 20.3 Å². The van der Waals surface area contributed by atoms with Gasteiger partial charge in [0.25, 0.3) is 0 Å². The summed E-state index contributed by atoms with van der Waals surface area (Å²) in [5.74, 6) is -1.56. The van der Waals surface area contributed by atoms with E-state index >= 15 is 0 Å². The number of carboxylic acids is 1. The maximum atomic E-state index is 13.8. The summed E-state index contributed by atoms with van der Waals surface area (Å²) in [4.78, 5) is 16.3. The average Bonchev–Trinajstić information content (AvgIpc) is 2.28. The molecule has 0 aliphatic rings. The van der Waals surface area contributed by atoms with Crippen LogP contribution in [0.25, 0.3) is 0 Å². The summed E-state index contributed by atoms with van der Waals surface area (Å²) in [6.07, 6.45) is 2.29. The summed E-state index contributed by atoms with van der Waals surface area (Å²) in [7, 11) is 1.71. The fraction of sp³-hybridized carbons (Fsp3) is 0.500. The number of pyridine rings is 1. The largest absolute Gasteiger partial charge is 0.478 e. The number of carboxylic acid groups (broad SMARTS) is 1. The summed E-state index contributed by atoms with van der Waals surface area (Å²) in [6.45, 7) is 4.74. The third-order valence-corrected chi connectivity index (χ3v) is 2.75. The third kappa shape index (κ3) is 3.15. The highest BCUT2D eigenvalue weighted by atomic mass is 19.1. The molecule has 5 heteroatoms. The molecular weight excluding hydrogens is 223 g/mol. The van der Waals surface area contributed by atoms with E-state index in [0.29, 0.717) is 12.5 Å². The van der Waals surface area contributed by atoms with E-state index in [2.05, 4.69) is 18.8 Å². The topological polar surface area (TPSA) is 53.4 Å². The van der Waals surface area contributed by atoms with Crippen LogP contribution in [-0.4, -0.2) is 29.7 Å². The van der Waals surface area contributed by atoms with Crippen molar-refractivity contribution in [3.05, 3.63) is 23.6 Å². The minimum atomic E-state index is -1.27. The number of hydrogen-bond acceptors (Lipinski definition) is 3. The zero-order chi connectivity index (χ0) is 13.0. The lowest BCUT2D eigenvalue weighted by molar-refractivity contribution is 0.0692. The van der Waals surface area contributed by atoms with Crippen molar-refractivity contribution in [2.24, 2.45) is 5.92 Å². The van der Waals surface area contributed by atoms with Gasteiger partial charge < -0.3 is 10.0 Å². The van der Waals surface area contributed by atoms with Gasteiger partial charge in [0, 0.05) is 19.8 Å². The monoisotopic (exact) mass is 240 g/mol. The molecule has 1 atom stereocenters. The Labute approximate surface area is 100 Å². The van der Waals surface area contributed by atoms with E-state index in [1.165, 1.54) is 6.20 Å². The minimum absolute atomic E-state index is 0.0881. The normalized spacial score (nSPS) is 12.2. The van der Waals surface area contributed by atoms with Gasteiger partial charge in [-0.2, -0.15) is 0 Å². The third-order valence-electron chi connectivity index (χ3n) is 2.75. The lowest BCUT2D eigenvalue weighted by Gasteiger charge is -2.22. The molecule has 0 spiro atoms. The number of anilines is 1. The summed E-state index contributed by atoms with van der Waals surface area (Å²) in [5, 5.41) is 8.81. The maximum Gasteiger partial charge on any atom is 0.338 e. The van der Waals surface area contributed by atoms with E-state index in [9.17, 15) is 9.18 Å². The SMILES string of the molecule is CCC(C)CN(C)c1nccc(C(=O)O)c1F. The predicted octanol–water partition coefficient (Wildman–Crippen LogP) is 2.40. The number of aromatic carboxylic acids is 1. The van der Waals surface area contributed by atoms with Crippen LogP contribution in [0, 0.1) is 11.7 Å². The Kier molecular flexibility index (Phi) is 4.43. The second-order valence-electron chi connectivity index (χ2n) is 4.20. The lowest BCUT2D eigenvalue weighted by Crippen LogP contribution is -2.26. The number of nitrogens with zero attached hydrogens (tertiary/aromatic N) is 2. The van der Waals surface area contributed by atoms with Gasteiger partial charge in [-0.3, -0.25) is 0 Å². The van der Waals surface area contributed by atoms with Crippen molar-refractivity contribution in [2.45, 2.75) is 20.3 Å². The number of rotatable bonds is 5. The summed E-state index contributed by atoms with van der Waals surface area (Å²) in [5.41, 5.74) is -0.342. The van der Waals surface area contributed by atoms with Gasteiger partial charge in [-0.25, -0.2) is 14.2 Å². The van der Waals surface area contributed by atoms with Crippen LogP contribution in [0.5, 0.6) is 0 Å². The van der Waals surface area contributed by atoms with Crippen molar-refractivity contribution >= 4 is 11.8 Å². The Bertz CT molecular complexity index is 409. The summed E-state index contributed by atoms with van der Waals surface area (Å²) < 4.78 is 13.8. The zero-order valence-electron chi connectivity index (χ0n) is 10.3. The van der Waals surface area contributed by atoms with Gasteiger partial charge in [-0.15, -0.1) is 0 Å². The van der Waals surface area contributed by atoms with E-state index in [-0.39, 0.29) is 11.4 Å². The van der Waals surface area contributed by atoms with Crippen molar-refractivity contribution in [3.8, 4) is 0 Å². The Morgan fingerprint density at radius 2 is 2.29 bits per heavy atom. The number of carbonyl (C=O) groups is 1. The fourth-order valence-electron chi connectivity index (χ4n) is 1.55. The summed E-state index contributed by atoms with van der Waals surface area (Å²) in [6, 6.07) is 1.16. The predicted molar refractivity (Wildman–Crippen MR) is 63.9 cm³/mol. The van der Waals surface area contributed by atoms with Crippen molar-refractivity contribution in [3.63, 3.8) is 0 Å². The molecule has 0 saturated carbocycles. The quantitative estimate of drug-likeness (QED) is 0.858. The molecule has 0 fully saturated rings. The zero-order valence-corrected chi connectivity index (χ0v) is 10.3. The van der Waals surface area contributed by atoms with Crippen LogP contribution < -0.4 is 4.90 Å². The van der Waals surface area contributed by atoms with E-state index in [0.717, 1.165) is 12.5 Å². The van der Waals surface area contributed by atoms with Crippen molar-refractivity contribution in [1.82, 2.24) is 4.98 Å². The molecule has 0 aliphatic heterocycles. The van der Waals surface area contributed by atoms with Crippen LogP contribution >= 0.6 is 0 Å². The summed E-state index contributed by atoms with van der Waals surface area (Å²) >= 11 is 0. The maximum absolute atomic E-state index is 13.8. The highest BCUT2D eigenvalue weighted by Crippen LogP contribution is 2.19. The number of halogens is 1. The van der Waals surface area contributed by atoms with Gasteiger partial charge in [0.2, 0.25) is 0 Å². The molecule has 0 radical (unpaired) electrons. The fourth-order valence-corrected chi connectivity index (χ4v) is 1.55. The van der Waals surface area contributed by atoms with Crippen LogP contribution in [0.1, 0.15) is 30.6 Å². The molecule has 94 valence electrons. The molecule has 1 aromatic heterocycles. The smallest absolute Gasteiger partial charge is 0.338 e. The molecule has 1 heterocycles. The van der Waals surface area contributed by atoms with E-state index < -0.39 is 11.8 Å². The van der Waals surface area contributed by atoms with Crippen LogP contribution in [0.3, 0.4) is 0 Å². The van der Waals surface area contributed by atoms with Gasteiger partial charge in [0.05, 0.1) is 0 Å². The first-order chi connectivity index (χ1) is 7.97. The molecule has 17 heavy (non-hydrogen) atoms. The molecule has 1 aromatic rings. The molecule has 0 aromatic carbocycles. The lowest BCUT2D eigenvalue weighted by atomic mass is 10.1. The number of hydrogen-bond donors (Lipinski definition) is 1. The highest BCUT2D eigenvalue weighted by Gasteiger charge is 2.18. The van der Waals surface area contributed by atoms with E-state index in [1.807, 2.05) is 0 Å². The van der Waals surface area contributed by atoms with Gasteiger partial charge in [-0.05, 0) is 12.0 Å². The minimum Gasteiger partial charge on any atom is -0.478 e. The van der Waals surface area contributed by atoms with Crippen LogP contribution in [0.2, 0.25) is 0 Å². The van der Waals surface area contributed by atoms with Crippen LogP contribution in [0.4, 0.5) is 10.2 Å². The molecule has 1 rings (SSSR count). The first-order valence-electron chi connectivity index (χ1n) is 5.56. The first kappa shape index (κ1) is 13.4. The van der Waals surface area contributed by atoms with Crippen molar-refractivity contribution in [2.75, 3.05) is 18.5 Å². The van der Waals surface area contributed by atoms with Gasteiger partial charge >= 0.3 is 5.97 Å². The molecule has 1 unspecified atom stereocenters. The molecule has 0 aliphatic carbocycles. The standard InChI is InChI=1S/C12H17FN2O2/c1-4-8(2)7-15(3)11-10(13)9(12(16)17)5-6-14-11/h5-6,8H,4,7H2,1-3H3,(H,16,17). The second-order valence-corrected chi connectivity index (χ2v) is 4.20. The Balaban J connectivity index is 2.98. The van der Waals surface area contributed by atoms with Crippen molar-refractivity contribution < 1.29 is 14.3 Å². The van der Waals surface area contributed by atoms with Crippen LogP contribution in [0.15, 0.2) is 12.3 Å². The number of aromatic nitrogens is 1. The highest BCUT2D eigenvalue weighted by molar-refractivity contribution is 5.88. The Morgan fingerprint density at radius 1 is 1.65 bits per heavy atom. The van der Waals surface area contributed by atoms with Crippen molar-refractivity contribution in [1.29, 1.82) is 0 Å². The average molecular weight is 240 g/mol. The van der Waals surface area contributed by atoms with Gasteiger partial charge in [0.15, 0.2) is 11.6 Å². The van der Waals surface area contributed by atoms with Crippen LogP contribution in [-0.2, 0) is 0 Å². The van der Waals surface area contributed by atoms with Gasteiger partial charge in [0.1, 0.15) is 5.56 Å². The Hall–Kier alpha value is -1.65. The van der Waals surface area contributed by atoms with E-state index in [1.54, 1.807) is 11.9 Å². The second kappa shape index (κ2) is 5.61. The molecule has 0 amide bonds. The Morgan fingerprint density at radius 3 is 2.82 bits per heavy atom. The first-order valence-corrected chi connectivity index (χ1v) is 5.56. The molecule has 1 N–H and O–H groups in total. The molecule has 0 saturated heterocycles. The molecule has 4 nitrogen and oxygen atoms in total. The molecule has 0 bridgehead atoms. The molecular formula is C12H17FN2O2.